The Hall–Kier alpha value is -2.11. The van der Waals surface area contributed by atoms with Gasteiger partial charge in [-0.25, -0.2) is 4.98 Å². The van der Waals surface area contributed by atoms with Crippen molar-refractivity contribution in [2.45, 2.75) is 13.8 Å². The maximum Gasteiger partial charge on any atom is 0.302 e. The highest BCUT2D eigenvalue weighted by Gasteiger charge is 2.11. The molecule has 0 saturated carbocycles. The molecule has 4 aromatic rings. The van der Waals surface area contributed by atoms with Gasteiger partial charge in [0.25, 0.3) is 0 Å². The first-order chi connectivity index (χ1) is 10.6. The van der Waals surface area contributed by atoms with Crippen molar-refractivity contribution >= 4 is 55.4 Å². The molecule has 0 unspecified atom stereocenters. The molecule has 4 nitrogen and oxygen atoms in total. The topological polar surface area (TPSA) is 51.0 Å². The number of nitrogens with one attached hydrogen (secondary N) is 1. The molecular formula is C16H12ClN3OS. The van der Waals surface area contributed by atoms with Crippen molar-refractivity contribution in [2.24, 2.45) is 0 Å². The number of rotatable bonds is 2. The second-order valence-electron chi connectivity index (χ2n) is 5.20. The van der Waals surface area contributed by atoms with Gasteiger partial charge >= 0.3 is 6.01 Å². The van der Waals surface area contributed by atoms with E-state index < -0.39 is 0 Å². The van der Waals surface area contributed by atoms with Crippen molar-refractivity contribution in [3.63, 3.8) is 0 Å². The molecule has 2 aromatic carbocycles. The van der Waals surface area contributed by atoms with Gasteiger partial charge in [-0.05, 0) is 49.2 Å². The molecular weight excluding hydrogens is 318 g/mol. The molecule has 22 heavy (non-hydrogen) atoms. The summed E-state index contributed by atoms with van der Waals surface area (Å²) in [4.78, 5) is 9.00. The van der Waals surface area contributed by atoms with Gasteiger partial charge in [0.15, 0.2) is 10.7 Å². The van der Waals surface area contributed by atoms with E-state index in [1.807, 2.05) is 6.07 Å². The zero-order chi connectivity index (χ0) is 15.3. The normalized spacial score (nSPS) is 11.4. The number of hydrogen-bond donors (Lipinski definition) is 1. The van der Waals surface area contributed by atoms with E-state index >= 15 is 0 Å². The van der Waals surface area contributed by atoms with Gasteiger partial charge in [0.2, 0.25) is 0 Å². The molecule has 6 heteroatoms. The van der Waals surface area contributed by atoms with Gasteiger partial charge in [0, 0.05) is 5.02 Å². The molecule has 0 aliphatic carbocycles. The van der Waals surface area contributed by atoms with E-state index in [4.69, 9.17) is 16.0 Å². The maximum absolute atomic E-state index is 5.96. The van der Waals surface area contributed by atoms with Gasteiger partial charge in [0.05, 0.1) is 10.2 Å². The second kappa shape index (κ2) is 4.97. The molecule has 4 rings (SSSR count). The molecule has 0 aliphatic heterocycles. The molecule has 0 saturated heterocycles. The molecule has 0 bridgehead atoms. The highest BCUT2D eigenvalue weighted by atomic mass is 35.5. The summed E-state index contributed by atoms with van der Waals surface area (Å²) in [6, 6.07) is 10.1. The minimum atomic E-state index is 0.422. The fourth-order valence-corrected chi connectivity index (χ4v) is 3.67. The molecule has 0 radical (unpaired) electrons. The van der Waals surface area contributed by atoms with Crippen LogP contribution in [0.4, 0.5) is 11.1 Å². The van der Waals surface area contributed by atoms with Crippen LogP contribution in [-0.4, -0.2) is 9.97 Å². The molecule has 110 valence electrons. The fourth-order valence-electron chi connectivity index (χ4n) is 2.47. The number of benzene rings is 2. The Morgan fingerprint density at radius 1 is 1.14 bits per heavy atom. The molecule has 0 atom stereocenters. The first-order valence-corrected chi connectivity index (χ1v) is 7.99. The van der Waals surface area contributed by atoms with Gasteiger partial charge in [-0.15, -0.1) is 0 Å². The summed E-state index contributed by atoms with van der Waals surface area (Å²) in [6.07, 6.45) is 0. The third kappa shape index (κ3) is 2.32. The number of halogens is 1. The summed E-state index contributed by atoms with van der Waals surface area (Å²) in [5.41, 5.74) is 4.83. The highest BCUT2D eigenvalue weighted by molar-refractivity contribution is 7.22. The van der Waals surface area contributed by atoms with Crippen molar-refractivity contribution in [2.75, 3.05) is 5.32 Å². The van der Waals surface area contributed by atoms with Gasteiger partial charge in [-0.2, -0.15) is 4.98 Å². The van der Waals surface area contributed by atoms with Crippen molar-refractivity contribution in [3.8, 4) is 0 Å². The zero-order valence-electron chi connectivity index (χ0n) is 12.0. The van der Waals surface area contributed by atoms with Crippen LogP contribution in [0.2, 0.25) is 5.02 Å². The Morgan fingerprint density at radius 3 is 2.86 bits per heavy atom. The number of aromatic nitrogens is 2. The van der Waals surface area contributed by atoms with E-state index in [0.29, 0.717) is 16.6 Å². The lowest BCUT2D eigenvalue weighted by Crippen LogP contribution is -1.88. The Morgan fingerprint density at radius 2 is 2.00 bits per heavy atom. The van der Waals surface area contributed by atoms with Crippen LogP contribution in [0.15, 0.2) is 34.7 Å². The largest absolute Gasteiger partial charge is 0.423 e. The van der Waals surface area contributed by atoms with E-state index in [9.17, 15) is 0 Å². The van der Waals surface area contributed by atoms with Crippen LogP contribution in [0.25, 0.3) is 21.3 Å². The van der Waals surface area contributed by atoms with Gasteiger partial charge < -0.3 is 4.42 Å². The van der Waals surface area contributed by atoms with Crippen LogP contribution >= 0.6 is 22.9 Å². The van der Waals surface area contributed by atoms with Crippen LogP contribution in [-0.2, 0) is 0 Å². The van der Waals surface area contributed by atoms with E-state index in [1.165, 1.54) is 11.1 Å². The van der Waals surface area contributed by atoms with Crippen molar-refractivity contribution < 1.29 is 4.42 Å². The summed E-state index contributed by atoms with van der Waals surface area (Å²) in [6.45, 7) is 4.16. The Labute approximate surface area is 135 Å². The smallest absolute Gasteiger partial charge is 0.302 e. The van der Waals surface area contributed by atoms with Crippen molar-refractivity contribution in [3.05, 3.63) is 46.5 Å². The lowest BCUT2D eigenvalue weighted by atomic mass is 10.1. The SMILES string of the molecule is Cc1cc(C)c2nc(Nc3nc4cc(Cl)ccc4o3)sc2c1. The van der Waals surface area contributed by atoms with Crippen LogP contribution in [0.3, 0.4) is 0 Å². The summed E-state index contributed by atoms with van der Waals surface area (Å²) in [7, 11) is 0. The average Bonchev–Trinajstić information content (AvgIpc) is 3.01. The average molecular weight is 330 g/mol. The number of thiazole rings is 1. The minimum Gasteiger partial charge on any atom is -0.423 e. The second-order valence-corrected chi connectivity index (χ2v) is 6.67. The lowest BCUT2D eigenvalue weighted by molar-refractivity contribution is 0.623. The first-order valence-electron chi connectivity index (χ1n) is 6.79. The van der Waals surface area contributed by atoms with Crippen LogP contribution in [0.1, 0.15) is 11.1 Å². The standard InChI is InChI=1S/C16H12ClN3OS/c1-8-5-9(2)14-13(6-8)22-16(19-14)20-15-18-11-7-10(17)3-4-12(11)21-15/h3-7H,1-2H3,(H,18,19,20). The minimum absolute atomic E-state index is 0.422. The third-order valence-electron chi connectivity index (χ3n) is 3.39. The van der Waals surface area contributed by atoms with Gasteiger partial charge in [0.1, 0.15) is 5.52 Å². The third-order valence-corrected chi connectivity index (χ3v) is 4.55. The number of nitrogens with zero attached hydrogens (tertiary/aromatic N) is 2. The van der Waals surface area contributed by atoms with Crippen molar-refractivity contribution in [1.29, 1.82) is 0 Å². The predicted octanol–water partition coefficient (Wildman–Crippen LogP) is 5.45. The van der Waals surface area contributed by atoms with E-state index in [1.54, 1.807) is 23.5 Å². The van der Waals surface area contributed by atoms with Gasteiger partial charge in [-0.1, -0.05) is 29.0 Å². The van der Waals surface area contributed by atoms with E-state index in [0.717, 1.165) is 20.9 Å². The predicted molar refractivity (Wildman–Crippen MR) is 91.4 cm³/mol. The number of hydrogen-bond acceptors (Lipinski definition) is 5. The monoisotopic (exact) mass is 329 g/mol. The molecule has 1 N–H and O–H groups in total. The van der Waals surface area contributed by atoms with E-state index in [-0.39, 0.29) is 0 Å². The fraction of sp³-hybridized carbons (Fsp3) is 0.125. The molecule has 0 amide bonds. The summed E-state index contributed by atoms with van der Waals surface area (Å²) < 4.78 is 6.81. The van der Waals surface area contributed by atoms with Crippen LogP contribution < -0.4 is 5.32 Å². The quantitative estimate of drug-likeness (QED) is 0.531. The number of oxazole rings is 1. The maximum atomic E-state index is 5.96. The molecule has 0 spiro atoms. The Balaban J connectivity index is 1.74. The number of anilines is 2. The lowest BCUT2D eigenvalue weighted by Gasteiger charge is -1.95. The zero-order valence-corrected chi connectivity index (χ0v) is 13.5. The summed E-state index contributed by atoms with van der Waals surface area (Å²) >= 11 is 7.55. The highest BCUT2D eigenvalue weighted by Crippen LogP contribution is 2.32. The molecule has 2 aromatic heterocycles. The Bertz CT molecular complexity index is 1010. The van der Waals surface area contributed by atoms with E-state index in [2.05, 4.69) is 41.3 Å². The first kappa shape index (κ1) is 13.5. The van der Waals surface area contributed by atoms with Gasteiger partial charge in [-0.3, -0.25) is 5.32 Å². The summed E-state index contributed by atoms with van der Waals surface area (Å²) in [5.74, 6) is 0. The van der Waals surface area contributed by atoms with Crippen LogP contribution in [0.5, 0.6) is 0 Å². The molecule has 0 fully saturated rings. The molecule has 0 aliphatic rings. The van der Waals surface area contributed by atoms with Crippen molar-refractivity contribution in [1.82, 2.24) is 9.97 Å². The van der Waals surface area contributed by atoms with Crippen LogP contribution in [0, 0.1) is 13.8 Å². The number of aryl methyl sites for hydroxylation is 2. The number of fused-ring (bicyclic) bond motifs is 2. The summed E-state index contributed by atoms with van der Waals surface area (Å²) in [5, 5.41) is 4.54. The Kier molecular flexibility index (Phi) is 3.06. The molecule has 2 heterocycles.